The van der Waals surface area contributed by atoms with Crippen molar-refractivity contribution in [1.82, 2.24) is 10.3 Å². The van der Waals surface area contributed by atoms with Gasteiger partial charge in [0.1, 0.15) is 5.69 Å². The number of nitrogens with one attached hydrogen (secondary N) is 2. The zero-order valence-corrected chi connectivity index (χ0v) is 14.2. The lowest BCUT2D eigenvalue weighted by atomic mass is 9.95. The minimum Gasteiger partial charge on any atom is -0.381 e. The van der Waals surface area contributed by atoms with E-state index >= 15 is 0 Å². The summed E-state index contributed by atoms with van der Waals surface area (Å²) in [5, 5.41) is 6.48. The molecule has 1 saturated carbocycles. The van der Waals surface area contributed by atoms with Crippen LogP contribution in [0.15, 0.2) is 42.6 Å². The van der Waals surface area contributed by atoms with Crippen molar-refractivity contribution < 1.29 is 4.79 Å². The van der Waals surface area contributed by atoms with Crippen LogP contribution >= 0.6 is 0 Å². The normalized spacial score (nSPS) is 15.0. The Kier molecular flexibility index (Phi) is 5.47. The SMILES string of the molecule is Cc1cccc(CNc2ccnc(C(=O)NC3CCCCC3)c2)c1. The number of rotatable bonds is 5. The minimum atomic E-state index is -0.0684. The van der Waals surface area contributed by atoms with Crippen molar-refractivity contribution in [2.75, 3.05) is 5.32 Å². The highest BCUT2D eigenvalue weighted by atomic mass is 16.1. The van der Waals surface area contributed by atoms with Gasteiger partial charge in [-0.15, -0.1) is 0 Å². The Morgan fingerprint density at radius 1 is 1.17 bits per heavy atom. The third-order valence-electron chi connectivity index (χ3n) is 4.51. The molecule has 0 unspecified atom stereocenters. The second kappa shape index (κ2) is 7.95. The second-order valence-corrected chi connectivity index (χ2v) is 6.58. The Morgan fingerprint density at radius 2 is 2.00 bits per heavy atom. The molecule has 1 aromatic carbocycles. The monoisotopic (exact) mass is 323 g/mol. The number of aryl methyl sites for hydroxylation is 1. The third-order valence-corrected chi connectivity index (χ3v) is 4.51. The molecule has 4 nitrogen and oxygen atoms in total. The molecule has 4 heteroatoms. The second-order valence-electron chi connectivity index (χ2n) is 6.58. The fourth-order valence-corrected chi connectivity index (χ4v) is 3.20. The molecule has 2 N–H and O–H groups in total. The smallest absolute Gasteiger partial charge is 0.270 e. The number of aromatic nitrogens is 1. The lowest BCUT2D eigenvalue weighted by Crippen LogP contribution is -2.36. The highest BCUT2D eigenvalue weighted by molar-refractivity contribution is 5.93. The maximum Gasteiger partial charge on any atom is 0.270 e. The molecule has 2 aromatic rings. The first-order valence-electron chi connectivity index (χ1n) is 8.77. The maximum atomic E-state index is 12.4. The van der Waals surface area contributed by atoms with Gasteiger partial charge in [-0.2, -0.15) is 0 Å². The Bertz CT molecular complexity index is 693. The average molecular weight is 323 g/mol. The average Bonchev–Trinajstić information content (AvgIpc) is 2.61. The zero-order chi connectivity index (χ0) is 16.8. The summed E-state index contributed by atoms with van der Waals surface area (Å²) in [6.45, 7) is 2.82. The number of carbonyl (C=O) groups excluding carboxylic acids is 1. The van der Waals surface area contributed by atoms with Crippen LogP contribution in [0.4, 0.5) is 5.69 Å². The molecule has 0 radical (unpaired) electrons. The van der Waals surface area contributed by atoms with Crippen molar-refractivity contribution in [3.05, 3.63) is 59.4 Å². The number of nitrogens with zero attached hydrogens (tertiary/aromatic N) is 1. The van der Waals surface area contributed by atoms with Gasteiger partial charge in [-0.05, 0) is 37.5 Å². The molecule has 24 heavy (non-hydrogen) atoms. The number of pyridine rings is 1. The highest BCUT2D eigenvalue weighted by Gasteiger charge is 2.17. The van der Waals surface area contributed by atoms with Gasteiger partial charge in [0.05, 0.1) is 0 Å². The molecular weight excluding hydrogens is 298 g/mol. The van der Waals surface area contributed by atoms with E-state index in [4.69, 9.17) is 0 Å². The molecule has 1 amide bonds. The van der Waals surface area contributed by atoms with Crippen molar-refractivity contribution in [3.63, 3.8) is 0 Å². The van der Waals surface area contributed by atoms with Crippen LogP contribution in [0.5, 0.6) is 0 Å². The van der Waals surface area contributed by atoms with Gasteiger partial charge >= 0.3 is 0 Å². The fourth-order valence-electron chi connectivity index (χ4n) is 3.20. The van der Waals surface area contributed by atoms with Crippen LogP contribution < -0.4 is 10.6 Å². The van der Waals surface area contributed by atoms with E-state index in [1.165, 1.54) is 30.4 Å². The molecule has 1 aliphatic rings. The zero-order valence-electron chi connectivity index (χ0n) is 14.2. The first-order chi connectivity index (χ1) is 11.7. The summed E-state index contributed by atoms with van der Waals surface area (Å²) in [6, 6.07) is 12.4. The van der Waals surface area contributed by atoms with Crippen LogP contribution in [0.3, 0.4) is 0 Å². The van der Waals surface area contributed by atoms with Gasteiger partial charge in [0, 0.05) is 24.5 Å². The van der Waals surface area contributed by atoms with Gasteiger partial charge in [0.15, 0.2) is 0 Å². The highest BCUT2D eigenvalue weighted by Crippen LogP contribution is 2.18. The molecule has 1 fully saturated rings. The molecule has 1 aromatic heterocycles. The Labute approximate surface area is 143 Å². The summed E-state index contributed by atoms with van der Waals surface area (Å²) in [7, 11) is 0. The van der Waals surface area contributed by atoms with Crippen molar-refractivity contribution in [1.29, 1.82) is 0 Å². The standard InChI is InChI=1S/C20H25N3O/c1-15-6-5-7-16(12-15)14-22-18-10-11-21-19(13-18)20(24)23-17-8-3-2-4-9-17/h5-7,10-13,17H,2-4,8-9,14H2,1H3,(H,21,22)(H,23,24). The lowest BCUT2D eigenvalue weighted by molar-refractivity contribution is 0.0922. The summed E-state index contributed by atoms with van der Waals surface area (Å²) in [5.41, 5.74) is 3.87. The molecule has 0 spiro atoms. The molecule has 0 saturated heterocycles. The minimum absolute atomic E-state index is 0.0684. The molecule has 0 bridgehead atoms. The van der Waals surface area contributed by atoms with Crippen molar-refractivity contribution >= 4 is 11.6 Å². The van der Waals surface area contributed by atoms with Crippen LogP contribution in [-0.2, 0) is 6.54 Å². The Morgan fingerprint density at radius 3 is 2.79 bits per heavy atom. The summed E-state index contributed by atoms with van der Waals surface area (Å²) >= 11 is 0. The molecule has 1 aliphatic carbocycles. The van der Waals surface area contributed by atoms with E-state index in [2.05, 4.69) is 46.8 Å². The largest absolute Gasteiger partial charge is 0.381 e. The summed E-state index contributed by atoms with van der Waals surface area (Å²) < 4.78 is 0. The van der Waals surface area contributed by atoms with Gasteiger partial charge in [-0.3, -0.25) is 9.78 Å². The number of hydrogen-bond donors (Lipinski definition) is 2. The van der Waals surface area contributed by atoms with Crippen LogP contribution in [-0.4, -0.2) is 16.9 Å². The van der Waals surface area contributed by atoms with Crippen LogP contribution in [0, 0.1) is 6.92 Å². The summed E-state index contributed by atoms with van der Waals surface area (Å²) in [5.74, 6) is -0.0684. The molecule has 126 valence electrons. The van der Waals surface area contributed by atoms with Crippen LogP contribution in [0.25, 0.3) is 0 Å². The molecule has 3 rings (SSSR count). The molecule has 1 heterocycles. The number of anilines is 1. The number of amides is 1. The fraction of sp³-hybridized carbons (Fsp3) is 0.400. The van der Waals surface area contributed by atoms with Crippen LogP contribution in [0.2, 0.25) is 0 Å². The Balaban J connectivity index is 1.59. The van der Waals surface area contributed by atoms with E-state index in [0.29, 0.717) is 11.7 Å². The first-order valence-corrected chi connectivity index (χ1v) is 8.77. The van der Waals surface area contributed by atoms with E-state index in [1.807, 2.05) is 12.1 Å². The quantitative estimate of drug-likeness (QED) is 0.872. The number of hydrogen-bond acceptors (Lipinski definition) is 3. The van der Waals surface area contributed by atoms with E-state index in [1.54, 1.807) is 6.20 Å². The van der Waals surface area contributed by atoms with Crippen molar-refractivity contribution in [3.8, 4) is 0 Å². The van der Waals surface area contributed by atoms with E-state index in [-0.39, 0.29) is 5.91 Å². The summed E-state index contributed by atoms with van der Waals surface area (Å²) in [4.78, 5) is 16.6. The van der Waals surface area contributed by atoms with Gasteiger partial charge in [-0.1, -0.05) is 49.1 Å². The van der Waals surface area contributed by atoms with Gasteiger partial charge in [-0.25, -0.2) is 0 Å². The van der Waals surface area contributed by atoms with E-state index in [0.717, 1.165) is 25.1 Å². The van der Waals surface area contributed by atoms with Crippen molar-refractivity contribution in [2.24, 2.45) is 0 Å². The van der Waals surface area contributed by atoms with Gasteiger partial charge in [0.25, 0.3) is 5.91 Å². The summed E-state index contributed by atoms with van der Waals surface area (Å²) in [6.07, 6.45) is 7.54. The lowest BCUT2D eigenvalue weighted by Gasteiger charge is -2.22. The van der Waals surface area contributed by atoms with Gasteiger partial charge < -0.3 is 10.6 Å². The van der Waals surface area contributed by atoms with E-state index in [9.17, 15) is 4.79 Å². The molecule has 0 atom stereocenters. The van der Waals surface area contributed by atoms with Crippen LogP contribution in [0.1, 0.15) is 53.7 Å². The predicted molar refractivity (Wildman–Crippen MR) is 97.1 cm³/mol. The number of benzene rings is 1. The van der Waals surface area contributed by atoms with Crippen molar-refractivity contribution in [2.45, 2.75) is 51.6 Å². The van der Waals surface area contributed by atoms with Gasteiger partial charge in [0.2, 0.25) is 0 Å². The topological polar surface area (TPSA) is 54.0 Å². The molecule has 0 aliphatic heterocycles. The van der Waals surface area contributed by atoms with E-state index < -0.39 is 0 Å². The Hall–Kier alpha value is -2.36. The first kappa shape index (κ1) is 16.5. The molecular formula is C20H25N3O. The third kappa shape index (κ3) is 4.57. The number of carbonyl (C=O) groups is 1. The maximum absolute atomic E-state index is 12.4. The predicted octanol–water partition coefficient (Wildman–Crippen LogP) is 4.06.